The van der Waals surface area contributed by atoms with Crippen LogP contribution in [-0.2, 0) is 26.2 Å². The van der Waals surface area contributed by atoms with Crippen molar-refractivity contribution in [3.63, 3.8) is 0 Å². The molecule has 1 atom stereocenters. The number of carbonyl (C=O) groups excluding carboxylic acids is 2. The van der Waals surface area contributed by atoms with Crippen molar-refractivity contribution in [3.05, 3.63) is 81.3 Å². The summed E-state index contributed by atoms with van der Waals surface area (Å²) in [4.78, 5) is 28.9. The minimum absolute atomic E-state index is 0.0311. The molecular formula is C31H36Cl3N3O6S. The van der Waals surface area contributed by atoms with Gasteiger partial charge < -0.3 is 19.7 Å². The molecule has 0 unspecified atom stereocenters. The van der Waals surface area contributed by atoms with E-state index in [1.165, 1.54) is 61.6 Å². The van der Waals surface area contributed by atoms with Crippen LogP contribution in [-0.4, -0.2) is 57.5 Å². The SMILES string of the molecule is CC[C@@H](C(=O)NC(C)(C)C)N(Cc1ccc(Cl)c(Cl)c1)C(=O)CN(c1ccc(Cl)cc1)S(=O)(=O)c1ccc(OC)c(OC)c1. The second-order valence-electron chi connectivity index (χ2n) is 10.9. The number of halogens is 3. The van der Waals surface area contributed by atoms with E-state index in [0.717, 1.165) is 4.31 Å². The van der Waals surface area contributed by atoms with Gasteiger partial charge in [0.2, 0.25) is 11.8 Å². The number of rotatable bonds is 12. The van der Waals surface area contributed by atoms with Crippen LogP contribution in [0.1, 0.15) is 39.7 Å². The summed E-state index contributed by atoms with van der Waals surface area (Å²) >= 11 is 18.5. The molecule has 3 aromatic carbocycles. The maximum Gasteiger partial charge on any atom is 0.264 e. The first-order valence-corrected chi connectivity index (χ1v) is 16.2. The maximum absolute atomic E-state index is 14.2. The average molecular weight is 685 g/mol. The highest BCUT2D eigenvalue weighted by Crippen LogP contribution is 2.33. The van der Waals surface area contributed by atoms with Crippen LogP contribution in [0.25, 0.3) is 0 Å². The molecule has 13 heteroatoms. The number of nitrogens with one attached hydrogen (secondary N) is 1. The minimum Gasteiger partial charge on any atom is -0.493 e. The van der Waals surface area contributed by atoms with Gasteiger partial charge in [-0.15, -0.1) is 0 Å². The molecule has 238 valence electrons. The first kappa shape index (κ1) is 35.3. The highest BCUT2D eigenvalue weighted by Gasteiger charge is 2.35. The lowest BCUT2D eigenvalue weighted by Crippen LogP contribution is -2.55. The van der Waals surface area contributed by atoms with Crippen LogP contribution in [0.4, 0.5) is 5.69 Å². The molecule has 0 aliphatic heterocycles. The standard InChI is InChI=1S/C31H36Cl3N3O6S/c1-7-26(30(39)35-31(2,3)4)36(18-20-8-14-24(33)25(34)16-20)29(38)19-37(22-11-9-21(32)10-12-22)44(40,41)23-13-15-27(42-5)28(17-23)43-6/h8-17,26H,7,18-19H2,1-6H3,(H,35,39)/t26-/m0/s1. The molecule has 0 aliphatic rings. The highest BCUT2D eigenvalue weighted by atomic mass is 35.5. The van der Waals surface area contributed by atoms with Gasteiger partial charge in [0.15, 0.2) is 11.5 Å². The molecule has 0 bridgehead atoms. The van der Waals surface area contributed by atoms with Crippen LogP contribution in [0.15, 0.2) is 65.6 Å². The Balaban J connectivity index is 2.12. The number of anilines is 1. The number of hydrogen-bond acceptors (Lipinski definition) is 6. The van der Waals surface area contributed by atoms with Crippen LogP contribution in [0.5, 0.6) is 11.5 Å². The lowest BCUT2D eigenvalue weighted by molar-refractivity contribution is -0.141. The van der Waals surface area contributed by atoms with Gasteiger partial charge >= 0.3 is 0 Å². The number of nitrogens with zero attached hydrogens (tertiary/aromatic N) is 2. The summed E-state index contributed by atoms with van der Waals surface area (Å²) in [6.07, 6.45) is 0.262. The summed E-state index contributed by atoms with van der Waals surface area (Å²) in [5.41, 5.74) is 0.226. The molecule has 0 heterocycles. The molecule has 0 spiro atoms. The van der Waals surface area contributed by atoms with Gasteiger partial charge in [-0.05, 0) is 81.3 Å². The third kappa shape index (κ3) is 8.72. The van der Waals surface area contributed by atoms with Crippen LogP contribution in [0.3, 0.4) is 0 Å². The summed E-state index contributed by atoms with van der Waals surface area (Å²) in [5, 5.41) is 3.93. The van der Waals surface area contributed by atoms with Crippen LogP contribution in [0, 0.1) is 0 Å². The first-order chi connectivity index (χ1) is 20.6. The van der Waals surface area contributed by atoms with Gasteiger partial charge in [-0.3, -0.25) is 13.9 Å². The lowest BCUT2D eigenvalue weighted by atomic mass is 10.1. The Bertz CT molecular complexity index is 1590. The maximum atomic E-state index is 14.2. The molecule has 0 saturated heterocycles. The summed E-state index contributed by atoms with van der Waals surface area (Å²) < 4.78 is 39.9. The fourth-order valence-electron chi connectivity index (χ4n) is 4.45. The number of ether oxygens (including phenoxy) is 2. The number of methoxy groups -OCH3 is 2. The summed E-state index contributed by atoms with van der Waals surface area (Å²) in [7, 11) is -1.52. The van der Waals surface area contributed by atoms with E-state index in [4.69, 9.17) is 44.3 Å². The van der Waals surface area contributed by atoms with Crippen molar-refractivity contribution in [2.75, 3.05) is 25.1 Å². The number of benzene rings is 3. The van der Waals surface area contributed by atoms with Crippen LogP contribution >= 0.6 is 34.8 Å². The molecule has 44 heavy (non-hydrogen) atoms. The van der Waals surface area contributed by atoms with Crippen molar-refractivity contribution in [1.29, 1.82) is 0 Å². The molecule has 3 rings (SSSR count). The molecule has 0 fully saturated rings. The van der Waals surface area contributed by atoms with E-state index < -0.39 is 34.1 Å². The van der Waals surface area contributed by atoms with Crippen molar-refractivity contribution in [3.8, 4) is 11.5 Å². The Morgan fingerprint density at radius 2 is 1.52 bits per heavy atom. The Kier molecular flexibility index (Phi) is 11.8. The van der Waals surface area contributed by atoms with Crippen molar-refractivity contribution < 1.29 is 27.5 Å². The fraction of sp³-hybridized carbons (Fsp3) is 0.355. The fourth-order valence-corrected chi connectivity index (χ4v) is 6.32. The molecule has 0 saturated carbocycles. The Morgan fingerprint density at radius 1 is 0.886 bits per heavy atom. The van der Waals surface area contributed by atoms with E-state index in [1.54, 1.807) is 25.1 Å². The van der Waals surface area contributed by atoms with Gasteiger partial charge in [0, 0.05) is 23.2 Å². The number of hydrogen-bond donors (Lipinski definition) is 1. The van der Waals surface area contributed by atoms with E-state index in [1.807, 2.05) is 20.8 Å². The van der Waals surface area contributed by atoms with Gasteiger partial charge in [-0.1, -0.05) is 47.8 Å². The van der Waals surface area contributed by atoms with Gasteiger partial charge in [0.25, 0.3) is 10.0 Å². The van der Waals surface area contributed by atoms with Gasteiger partial charge in [-0.2, -0.15) is 0 Å². The van der Waals surface area contributed by atoms with Crippen molar-refractivity contribution >= 4 is 62.3 Å². The molecule has 1 N–H and O–H groups in total. The minimum atomic E-state index is -4.35. The zero-order chi connectivity index (χ0) is 32.8. The molecule has 9 nitrogen and oxygen atoms in total. The van der Waals surface area contributed by atoms with Crippen molar-refractivity contribution in [1.82, 2.24) is 10.2 Å². The number of carbonyl (C=O) groups is 2. The topological polar surface area (TPSA) is 105 Å². The highest BCUT2D eigenvalue weighted by molar-refractivity contribution is 7.92. The average Bonchev–Trinajstić information content (AvgIpc) is 2.96. The summed E-state index contributed by atoms with van der Waals surface area (Å²) in [6, 6.07) is 14.2. The normalized spacial score (nSPS) is 12.3. The molecule has 2 amide bonds. The first-order valence-electron chi connectivity index (χ1n) is 13.7. The second kappa shape index (κ2) is 14.7. The molecule has 0 radical (unpaired) electrons. The summed E-state index contributed by atoms with van der Waals surface area (Å²) in [5.74, 6) is -0.466. The number of amides is 2. The van der Waals surface area contributed by atoms with E-state index in [2.05, 4.69) is 5.32 Å². The second-order valence-corrected chi connectivity index (χ2v) is 14.1. The zero-order valence-electron chi connectivity index (χ0n) is 25.4. The summed E-state index contributed by atoms with van der Waals surface area (Å²) in [6.45, 7) is 6.62. The van der Waals surface area contributed by atoms with E-state index in [9.17, 15) is 18.0 Å². The van der Waals surface area contributed by atoms with Gasteiger partial charge in [0.1, 0.15) is 12.6 Å². The van der Waals surface area contributed by atoms with Gasteiger partial charge in [-0.25, -0.2) is 8.42 Å². The Morgan fingerprint density at radius 3 is 2.07 bits per heavy atom. The Labute approximate surface area is 274 Å². The predicted molar refractivity (Wildman–Crippen MR) is 175 cm³/mol. The lowest BCUT2D eigenvalue weighted by Gasteiger charge is -2.35. The van der Waals surface area contributed by atoms with E-state index in [-0.39, 0.29) is 40.2 Å². The smallest absolute Gasteiger partial charge is 0.264 e. The van der Waals surface area contributed by atoms with Crippen LogP contribution < -0.4 is 19.1 Å². The monoisotopic (exact) mass is 683 g/mol. The quantitative estimate of drug-likeness (QED) is 0.231. The van der Waals surface area contributed by atoms with E-state index >= 15 is 0 Å². The third-order valence-electron chi connectivity index (χ3n) is 6.56. The van der Waals surface area contributed by atoms with E-state index in [0.29, 0.717) is 21.4 Å². The van der Waals surface area contributed by atoms with Gasteiger partial charge in [0.05, 0.1) is 34.8 Å². The third-order valence-corrected chi connectivity index (χ3v) is 9.32. The van der Waals surface area contributed by atoms with Crippen molar-refractivity contribution in [2.45, 2.75) is 57.1 Å². The zero-order valence-corrected chi connectivity index (χ0v) is 28.4. The molecule has 3 aromatic rings. The largest absolute Gasteiger partial charge is 0.493 e. The van der Waals surface area contributed by atoms with Crippen molar-refractivity contribution in [2.24, 2.45) is 0 Å². The molecule has 0 aliphatic carbocycles. The number of sulfonamides is 1. The molecular weight excluding hydrogens is 649 g/mol. The Hall–Kier alpha value is -3.18. The van der Waals surface area contributed by atoms with Crippen LogP contribution in [0.2, 0.25) is 15.1 Å². The predicted octanol–water partition coefficient (Wildman–Crippen LogP) is 6.58. The molecule has 0 aromatic heterocycles.